The van der Waals surface area contributed by atoms with E-state index in [1.807, 2.05) is 35.8 Å². The second kappa shape index (κ2) is 8.03. The van der Waals surface area contributed by atoms with E-state index in [1.54, 1.807) is 0 Å². The summed E-state index contributed by atoms with van der Waals surface area (Å²) in [6.07, 6.45) is 2.75. The van der Waals surface area contributed by atoms with Gasteiger partial charge in [0.15, 0.2) is 11.5 Å². The summed E-state index contributed by atoms with van der Waals surface area (Å²) in [6, 6.07) is 9.93. The smallest absolute Gasteiger partial charge is 0.322 e. The number of aromatic nitrogens is 4. The first-order chi connectivity index (χ1) is 14.3. The fourth-order valence-electron chi connectivity index (χ4n) is 3.82. The van der Waals surface area contributed by atoms with Crippen LogP contribution in [0.1, 0.15) is 35.1 Å². The summed E-state index contributed by atoms with van der Waals surface area (Å²) in [5.74, 6) is 0.338. The number of hydrogen-bond acceptors (Lipinski definition) is 4. The highest BCUT2D eigenvalue weighted by Crippen LogP contribution is 2.27. The van der Waals surface area contributed by atoms with E-state index in [-0.39, 0.29) is 5.69 Å². The standard InChI is InChI=1S/C23H23ClN4O2/c1-13-12-18-19(15(3)14(13)2)25-20-21(26-23(30)27-22(20)29)28(18)11-5-4-6-16-7-9-17(24)10-8-16/h7-10,12H,4-6,11H2,1-3H3,(H,27,29,30). The molecule has 30 heavy (non-hydrogen) atoms. The van der Waals surface area contributed by atoms with Crippen molar-refractivity contribution >= 4 is 22.6 Å². The lowest BCUT2D eigenvalue weighted by Crippen LogP contribution is -2.29. The van der Waals surface area contributed by atoms with Crippen LogP contribution < -0.4 is 11.2 Å². The van der Waals surface area contributed by atoms with E-state index in [0.29, 0.717) is 12.4 Å². The minimum Gasteiger partial charge on any atom is -0.322 e. The quantitative estimate of drug-likeness (QED) is 0.386. The zero-order valence-electron chi connectivity index (χ0n) is 17.3. The normalized spacial score (nSPS) is 11.5. The lowest BCUT2D eigenvalue weighted by Gasteiger charge is -2.19. The maximum Gasteiger partial charge on any atom is 0.349 e. The van der Waals surface area contributed by atoms with Gasteiger partial charge in [-0.05, 0) is 80.5 Å². The van der Waals surface area contributed by atoms with Crippen LogP contribution in [-0.4, -0.2) is 19.5 Å². The summed E-state index contributed by atoms with van der Waals surface area (Å²) >= 11 is 5.96. The molecular weight excluding hydrogens is 400 g/mol. The van der Waals surface area contributed by atoms with Gasteiger partial charge < -0.3 is 4.57 Å². The lowest BCUT2D eigenvalue weighted by atomic mass is 10.0. The molecular formula is C23H23ClN4O2. The molecule has 0 aliphatic carbocycles. The number of aromatic amines is 1. The molecule has 0 bridgehead atoms. The maximum atomic E-state index is 12.4. The Morgan fingerprint density at radius 2 is 1.73 bits per heavy atom. The zero-order chi connectivity index (χ0) is 21.4. The number of halogens is 1. The highest BCUT2D eigenvalue weighted by atomic mass is 35.5. The molecule has 2 aromatic rings. The van der Waals surface area contributed by atoms with Crippen molar-refractivity contribution in [2.75, 3.05) is 0 Å². The van der Waals surface area contributed by atoms with Crippen LogP contribution in [0, 0.1) is 20.8 Å². The van der Waals surface area contributed by atoms with Gasteiger partial charge in [0, 0.05) is 11.6 Å². The van der Waals surface area contributed by atoms with Gasteiger partial charge in [0.25, 0.3) is 5.56 Å². The summed E-state index contributed by atoms with van der Waals surface area (Å²) in [6.45, 7) is 6.76. The molecule has 0 saturated heterocycles. The number of hydrogen-bond donors (Lipinski definition) is 1. The van der Waals surface area contributed by atoms with Gasteiger partial charge in [0.1, 0.15) is 0 Å². The molecule has 2 heterocycles. The summed E-state index contributed by atoms with van der Waals surface area (Å²) in [5, 5.41) is 0.731. The molecule has 0 unspecified atom stereocenters. The van der Waals surface area contributed by atoms with Crippen LogP contribution in [0.2, 0.25) is 5.02 Å². The highest BCUT2D eigenvalue weighted by Gasteiger charge is 2.20. The molecule has 0 fully saturated rings. The Morgan fingerprint density at radius 1 is 1.00 bits per heavy atom. The molecule has 7 heteroatoms. The van der Waals surface area contributed by atoms with Crippen molar-refractivity contribution in [3.05, 3.63) is 78.4 Å². The first kappa shape index (κ1) is 20.3. The third-order valence-corrected chi connectivity index (χ3v) is 5.99. The van der Waals surface area contributed by atoms with E-state index in [2.05, 4.69) is 34.9 Å². The van der Waals surface area contributed by atoms with Crippen LogP contribution in [0.5, 0.6) is 0 Å². The largest absolute Gasteiger partial charge is 0.349 e. The van der Waals surface area contributed by atoms with Crippen molar-refractivity contribution in [2.45, 2.75) is 46.6 Å². The molecule has 0 amide bonds. The van der Waals surface area contributed by atoms with E-state index in [9.17, 15) is 9.59 Å². The maximum absolute atomic E-state index is 12.4. The van der Waals surface area contributed by atoms with E-state index < -0.39 is 11.2 Å². The number of nitrogens with zero attached hydrogens (tertiary/aromatic N) is 3. The summed E-state index contributed by atoms with van der Waals surface area (Å²) < 4.78 is 1.97. The van der Waals surface area contributed by atoms with Gasteiger partial charge in [-0.3, -0.25) is 9.78 Å². The average Bonchev–Trinajstić information content (AvgIpc) is 2.71. The Bertz CT molecular complexity index is 1320. The summed E-state index contributed by atoms with van der Waals surface area (Å²) in [4.78, 5) is 35.2. The fraction of sp³-hybridized carbons (Fsp3) is 0.304. The second-order valence-electron chi connectivity index (χ2n) is 7.70. The number of nitrogens with one attached hydrogen (secondary N) is 1. The lowest BCUT2D eigenvalue weighted by molar-refractivity contribution is 0.615. The van der Waals surface area contributed by atoms with Crippen LogP contribution in [0.15, 0.2) is 39.9 Å². The van der Waals surface area contributed by atoms with E-state index >= 15 is 0 Å². The van der Waals surface area contributed by atoms with Crippen LogP contribution in [0.4, 0.5) is 0 Å². The fourth-order valence-corrected chi connectivity index (χ4v) is 3.95. The predicted octanol–water partition coefficient (Wildman–Crippen LogP) is 4.19. The number of H-pyrrole nitrogens is 1. The van der Waals surface area contributed by atoms with Crippen molar-refractivity contribution in [2.24, 2.45) is 0 Å². The van der Waals surface area contributed by atoms with Crippen LogP contribution in [0.3, 0.4) is 0 Å². The Kier molecular flexibility index (Phi) is 5.43. The summed E-state index contributed by atoms with van der Waals surface area (Å²) in [5.41, 5.74) is 5.27. The molecule has 4 rings (SSSR count). The zero-order valence-corrected chi connectivity index (χ0v) is 18.0. The minimum absolute atomic E-state index is 0.200. The molecule has 0 spiro atoms. The molecule has 0 atom stereocenters. The highest BCUT2D eigenvalue weighted by molar-refractivity contribution is 6.30. The average molecular weight is 423 g/mol. The third-order valence-electron chi connectivity index (χ3n) is 5.74. The molecule has 2 aromatic carbocycles. The Morgan fingerprint density at radius 3 is 2.47 bits per heavy atom. The first-order valence-electron chi connectivity index (χ1n) is 10.0. The number of unbranched alkanes of at least 4 members (excludes halogenated alkanes) is 1. The monoisotopic (exact) mass is 422 g/mol. The van der Waals surface area contributed by atoms with Gasteiger partial charge in [-0.2, -0.15) is 4.98 Å². The van der Waals surface area contributed by atoms with Gasteiger partial charge in [0.2, 0.25) is 0 Å². The minimum atomic E-state index is -0.649. The van der Waals surface area contributed by atoms with E-state index in [0.717, 1.165) is 52.0 Å². The van der Waals surface area contributed by atoms with Crippen molar-refractivity contribution in [1.29, 1.82) is 0 Å². The Labute approximate surface area is 178 Å². The number of rotatable bonds is 5. The number of fused-ring (bicyclic) bond motifs is 2. The van der Waals surface area contributed by atoms with Crippen LogP contribution in [-0.2, 0) is 13.0 Å². The molecule has 0 aromatic heterocycles. The van der Waals surface area contributed by atoms with Crippen LogP contribution in [0.25, 0.3) is 22.6 Å². The molecule has 2 aliphatic heterocycles. The Balaban J connectivity index is 1.74. The predicted molar refractivity (Wildman–Crippen MR) is 120 cm³/mol. The molecule has 2 aliphatic rings. The SMILES string of the molecule is Cc1cc2c(nc3c(=O)[nH]c(=O)nc-3n2CCCCc2ccc(Cl)cc2)c(C)c1C. The Hall–Kier alpha value is -2.99. The van der Waals surface area contributed by atoms with Gasteiger partial charge in [-0.1, -0.05) is 23.7 Å². The number of aryl methyl sites for hydroxylation is 4. The molecule has 0 saturated carbocycles. The molecule has 1 N–H and O–H groups in total. The summed E-state index contributed by atoms with van der Waals surface area (Å²) in [7, 11) is 0. The second-order valence-corrected chi connectivity index (χ2v) is 8.14. The van der Waals surface area contributed by atoms with Gasteiger partial charge >= 0.3 is 5.69 Å². The molecule has 6 nitrogen and oxygen atoms in total. The van der Waals surface area contributed by atoms with Crippen molar-refractivity contribution in [3.63, 3.8) is 0 Å². The van der Waals surface area contributed by atoms with Gasteiger partial charge in [0.05, 0.1) is 11.0 Å². The van der Waals surface area contributed by atoms with E-state index in [4.69, 9.17) is 11.6 Å². The topological polar surface area (TPSA) is 80.6 Å². The van der Waals surface area contributed by atoms with Gasteiger partial charge in [-0.15, -0.1) is 0 Å². The van der Waals surface area contributed by atoms with Crippen LogP contribution >= 0.6 is 11.6 Å². The van der Waals surface area contributed by atoms with Gasteiger partial charge in [-0.25, -0.2) is 9.78 Å². The molecule has 154 valence electrons. The first-order valence-corrected chi connectivity index (χ1v) is 10.4. The van der Waals surface area contributed by atoms with Crippen molar-refractivity contribution < 1.29 is 0 Å². The van der Waals surface area contributed by atoms with Crippen molar-refractivity contribution in [1.82, 2.24) is 19.5 Å². The van der Waals surface area contributed by atoms with E-state index in [1.165, 1.54) is 5.56 Å². The van der Waals surface area contributed by atoms with Crippen molar-refractivity contribution in [3.8, 4) is 11.5 Å². The third kappa shape index (κ3) is 3.75. The molecule has 0 radical (unpaired) electrons. The number of benzene rings is 2.